The van der Waals surface area contributed by atoms with Crippen LogP contribution in [-0.4, -0.2) is 32.8 Å². The quantitative estimate of drug-likeness (QED) is 0.683. The van der Waals surface area contributed by atoms with E-state index in [1.54, 1.807) is 51.2 Å². The Kier molecular flexibility index (Phi) is 5.65. The van der Waals surface area contributed by atoms with Crippen molar-refractivity contribution in [3.05, 3.63) is 54.2 Å². The second-order valence-corrected chi connectivity index (χ2v) is 7.77. The molecule has 0 bridgehead atoms. The molecule has 0 saturated carbocycles. The molecular weight excluding hydrogens is 378 g/mol. The highest BCUT2D eigenvalue weighted by Gasteiger charge is 2.17. The van der Waals surface area contributed by atoms with Gasteiger partial charge in [-0.3, -0.25) is 20.4 Å². The highest BCUT2D eigenvalue weighted by Crippen LogP contribution is 2.25. The number of aromatic nitrogens is 3. The van der Waals surface area contributed by atoms with Crippen molar-refractivity contribution >= 4 is 34.2 Å². The minimum Gasteiger partial charge on any atom is -0.444 e. The van der Waals surface area contributed by atoms with Crippen LogP contribution >= 0.6 is 11.3 Å². The van der Waals surface area contributed by atoms with Gasteiger partial charge in [-0.15, -0.1) is 10.2 Å². The molecule has 8 nitrogen and oxygen atoms in total. The minimum atomic E-state index is -0.609. The van der Waals surface area contributed by atoms with Gasteiger partial charge in [0, 0.05) is 17.4 Å². The van der Waals surface area contributed by atoms with Crippen LogP contribution in [0.25, 0.3) is 10.7 Å². The average molecular weight is 397 g/mol. The van der Waals surface area contributed by atoms with E-state index in [1.807, 2.05) is 18.2 Å². The van der Waals surface area contributed by atoms with Crippen LogP contribution in [0.15, 0.2) is 48.7 Å². The summed E-state index contributed by atoms with van der Waals surface area (Å²) in [5.74, 6) is -0.364. The van der Waals surface area contributed by atoms with Crippen LogP contribution in [0.1, 0.15) is 31.1 Å². The first-order valence-electron chi connectivity index (χ1n) is 8.46. The summed E-state index contributed by atoms with van der Waals surface area (Å²) in [5.41, 5.74) is 0.892. The Morgan fingerprint density at radius 1 is 1.04 bits per heavy atom. The number of amides is 2. The maximum absolute atomic E-state index is 12.5. The van der Waals surface area contributed by atoms with Gasteiger partial charge < -0.3 is 4.74 Å². The Balaban J connectivity index is 1.67. The van der Waals surface area contributed by atoms with Crippen LogP contribution in [-0.2, 0) is 4.74 Å². The largest absolute Gasteiger partial charge is 0.444 e. The normalized spacial score (nSPS) is 11.0. The van der Waals surface area contributed by atoms with Gasteiger partial charge >= 0.3 is 6.09 Å². The topological polar surface area (TPSA) is 106 Å². The number of carbonyl (C=O) groups excluding carboxylic acids is 2. The summed E-state index contributed by atoms with van der Waals surface area (Å²) in [6, 6.07) is 12.0. The van der Waals surface area contributed by atoms with Gasteiger partial charge in [-0.1, -0.05) is 23.5 Å². The van der Waals surface area contributed by atoms with E-state index in [2.05, 4.69) is 25.8 Å². The lowest BCUT2D eigenvalue weighted by Crippen LogP contribution is -2.27. The summed E-state index contributed by atoms with van der Waals surface area (Å²) in [5, 5.41) is 14.3. The van der Waals surface area contributed by atoms with Crippen LogP contribution in [0.4, 0.5) is 15.6 Å². The lowest BCUT2D eigenvalue weighted by molar-refractivity contribution is 0.0635. The molecule has 0 unspecified atom stereocenters. The van der Waals surface area contributed by atoms with Crippen LogP contribution in [0.5, 0.6) is 0 Å². The predicted octanol–water partition coefficient (Wildman–Crippen LogP) is 4.20. The van der Waals surface area contributed by atoms with E-state index >= 15 is 0 Å². The zero-order valence-electron chi connectivity index (χ0n) is 15.6. The number of hydrogen-bond acceptors (Lipinski definition) is 7. The van der Waals surface area contributed by atoms with Gasteiger partial charge in [-0.2, -0.15) is 0 Å². The summed E-state index contributed by atoms with van der Waals surface area (Å²) >= 11 is 1.22. The zero-order valence-corrected chi connectivity index (χ0v) is 16.4. The molecule has 2 N–H and O–H groups in total. The van der Waals surface area contributed by atoms with Crippen LogP contribution in [0.3, 0.4) is 0 Å². The van der Waals surface area contributed by atoms with Crippen molar-refractivity contribution in [1.82, 2.24) is 15.2 Å². The maximum Gasteiger partial charge on any atom is 0.412 e. The number of carbonyl (C=O) groups is 2. The number of pyridine rings is 1. The molecule has 28 heavy (non-hydrogen) atoms. The molecule has 0 aliphatic carbocycles. The van der Waals surface area contributed by atoms with Crippen LogP contribution in [0.2, 0.25) is 0 Å². The van der Waals surface area contributed by atoms with Gasteiger partial charge in [0.15, 0.2) is 5.01 Å². The monoisotopic (exact) mass is 397 g/mol. The number of nitrogens with zero attached hydrogens (tertiary/aromatic N) is 3. The van der Waals surface area contributed by atoms with E-state index in [1.165, 1.54) is 11.3 Å². The summed E-state index contributed by atoms with van der Waals surface area (Å²) in [6.07, 6.45) is 1.08. The second kappa shape index (κ2) is 8.13. The molecule has 0 fully saturated rings. The Labute approximate surface area is 166 Å². The third kappa shape index (κ3) is 5.34. The number of benzene rings is 1. The first-order chi connectivity index (χ1) is 13.3. The van der Waals surface area contributed by atoms with Crippen LogP contribution in [0, 0.1) is 0 Å². The van der Waals surface area contributed by atoms with Crippen molar-refractivity contribution in [3.63, 3.8) is 0 Å². The first-order valence-corrected chi connectivity index (χ1v) is 9.28. The van der Waals surface area contributed by atoms with Crippen molar-refractivity contribution in [1.29, 1.82) is 0 Å². The molecule has 144 valence electrons. The van der Waals surface area contributed by atoms with Crippen molar-refractivity contribution in [2.24, 2.45) is 0 Å². The molecule has 0 aliphatic heterocycles. The zero-order chi connectivity index (χ0) is 20.1. The average Bonchev–Trinajstić information content (AvgIpc) is 3.09. The summed E-state index contributed by atoms with van der Waals surface area (Å²) in [7, 11) is 0. The van der Waals surface area contributed by atoms with Crippen molar-refractivity contribution < 1.29 is 14.3 Å². The summed E-state index contributed by atoms with van der Waals surface area (Å²) < 4.78 is 5.21. The Morgan fingerprint density at radius 2 is 1.86 bits per heavy atom. The van der Waals surface area contributed by atoms with Crippen molar-refractivity contribution in [3.8, 4) is 10.7 Å². The number of ether oxygens (including phenoxy) is 1. The van der Waals surface area contributed by atoms with E-state index in [0.29, 0.717) is 27.1 Å². The van der Waals surface area contributed by atoms with E-state index < -0.39 is 11.7 Å². The molecule has 0 atom stereocenters. The predicted molar refractivity (Wildman–Crippen MR) is 107 cm³/mol. The number of rotatable bonds is 4. The van der Waals surface area contributed by atoms with Crippen molar-refractivity contribution in [2.45, 2.75) is 26.4 Å². The van der Waals surface area contributed by atoms with E-state index in [9.17, 15) is 9.59 Å². The van der Waals surface area contributed by atoms with Gasteiger partial charge in [0.05, 0.1) is 0 Å². The van der Waals surface area contributed by atoms with E-state index in [-0.39, 0.29) is 5.91 Å². The molecule has 0 saturated heterocycles. The van der Waals surface area contributed by atoms with Gasteiger partial charge in [-0.25, -0.2) is 4.79 Å². The second-order valence-electron chi connectivity index (χ2n) is 6.79. The standard InChI is InChI=1S/C19H19N5O3S/c1-19(2,3)27-18(26)21-13-8-6-7-12(11-13)15(25)22-17-24-23-16(28-17)14-9-4-5-10-20-14/h4-11H,1-3H3,(H,21,26)(H,22,24,25). The van der Waals surface area contributed by atoms with Gasteiger partial charge in [-0.05, 0) is 51.1 Å². The fraction of sp³-hybridized carbons (Fsp3) is 0.211. The van der Waals surface area contributed by atoms with Gasteiger partial charge in [0.1, 0.15) is 11.3 Å². The van der Waals surface area contributed by atoms with Gasteiger partial charge in [0.25, 0.3) is 5.91 Å². The minimum absolute atomic E-state index is 0.358. The Hall–Kier alpha value is -3.33. The molecule has 3 aromatic rings. The van der Waals surface area contributed by atoms with E-state index in [4.69, 9.17) is 4.74 Å². The SMILES string of the molecule is CC(C)(C)OC(=O)Nc1cccc(C(=O)Nc2nnc(-c3ccccn3)s2)c1. The highest BCUT2D eigenvalue weighted by atomic mass is 32.1. The lowest BCUT2D eigenvalue weighted by Gasteiger charge is -2.19. The summed E-state index contributed by atoms with van der Waals surface area (Å²) in [4.78, 5) is 28.6. The summed E-state index contributed by atoms with van der Waals surface area (Å²) in [6.45, 7) is 5.33. The number of hydrogen-bond donors (Lipinski definition) is 2. The fourth-order valence-electron chi connectivity index (χ4n) is 2.20. The molecule has 2 amide bonds. The molecule has 2 aromatic heterocycles. The fourth-order valence-corrected chi connectivity index (χ4v) is 2.91. The first kappa shape index (κ1) is 19.4. The molecule has 9 heteroatoms. The third-order valence-corrected chi connectivity index (χ3v) is 4.16. The molecule has 1 aromatic carbocycles. The molecular formula is C19H19N5O3S. The number of anilines is 2. The third-order valence-electron chi connectivity index (χ3n) is 3.30. The smallest absolute Gasteiger partial charge is 0.412 e. The maximum atomic E-state index is 12.5. The molecule has 2 heterocycles. The van der Waals surface area contributed by atoms with E-state index in [0.717, 1.165) is 0 Å². The Morgan fingerprint density at radius 3 is 2.57 bits per heavy atom. The van der Waals surface area contributed by atoms with Gasteiger partial charge in [0.2, 0.25) is 5.13 Å². The van der Waals surface area contributed by atoms with Crippen LogP contribution < -0.4 is 10.6 Å². The van der Waals surface area contributed by atoms with Crippen molar-refractivity contribution in [2.75, 3.05) is 10.6 Å². The molecule has 0 spiro atoms. The molecule has 3 rings (SSSR count). The molecule has 0 aliphatic rings. The molecule has 0 radical (unpaired) electrons. The highest BCUT2D eigenvalue weighted by molar-refractivity contribution is 7.18. The lowest BCUT2D eigenvalue weighted by atomic mass is 10.2. The number of nitrogens with one attached hydrogen (secondary N) is 2. The Bertz CT molecular complexity index is 982.